The van der Waals surface area contributed by atoms with Crippen LogP contribution in [0.15, 0.2) is 23.6 Å². The summed E-state index contributed by atoms with van der Waals surface area (Å²) in [5.74, 6) is 0.732. The molecule has 0 aliphatic carbocycles. The number of carbonyl (C=O) groups is 1. The van der Waals surface area contributed by atoms with Crippen molar-refractivity contribution in [2.75, 3.05) is 12.4 Å². The molecule has 132 valence electrons. The fourth-order valence-electron chi connectivity index (χ4n) is 2.26. The Kier molecular flexibility index (Phi) is 5.08. The summed E-state index contributed by atoms with van der Waals surface area (Å²) in [6.07, 6.45) is 0. The van der Waals surface area contributed by atoms with Crippen LogP contribution in [0.4, 0.5) is 10.6 Å². The van der Waals surface area contributed by atoms with Crippen molar-refractivity contribution in [3.05, 3.63) is 34.2 Å². The third-order valence-electron chi connectivity index (χ3n) is 3.67. The van der Waals surface area contributed by atoms with Crippen LogP contribution >= 0.6 is 11.3 Å². The molecule has 1 N–H and O–H groups in total. The van der Waals surface area contributed by atoms with Crippen molar-refractivity contribution < 1.29 is 4.79 Å². The lowest BCUT2D eigenvalue weighted by atomic mass is 9.92. The average molecular weight is 349 g/mol. The normalized spacial score (nSPS) is 12.3. The van der Waals surface area contributed by atoms with Crippen molar-refractivity contribution in [3.63, 3.8) is 0 Å². The van der Waals surface area contributed by atoms with E-state index < -0.39 is 0 Å². The molecule has 0 saturated carbocycles. The van der Waals surface area contributed by atoms with Crippen LogP contribution in [-0.4, -0.2) is 27.8 Å². The van der Waals surface area contributed by atoms with Gasteiger partial charge in [0.1, 0.15) is 5.82 Å². The first-order valence-electron chi connectivity index (χ1n) is 8.14. The van der Waals surface area contributed by atoms with Gasteiger partial charge in [0.05, 0.1) is 17.8 Å². The van der Waals surface area contributed by atoms with E-state index in [1.54, 1.807) is 23.3 Å². The zero-order chi connectivity index (χ0) is 18.1. The molecular formula is C18H28N4OS. The second kappa shape index (κ2) is 6.59. The molecule has 2 aromatic rings. The Morgan fingerprint density at radius 2 is 1.96 bits per heavy atom. The summed E-state index contributed by atoms with van der Waals surface area (Å²) in [5.41, 5.74) is 0.686. The van der Waals surface area contributed by atoms with Gasteiger partial charge in [0.2, 0.25) is 0 Å². The number of carbonyl (C=O) groups excluding carboxylic acids is 1. The Morgan fingerprint density at radius 1 is 1.29 bits per heavy atom. The van der Waals surface area contributed by atoms with Crippen molar-refractivity contribution >= 4 is 23.2 Å². The summed E-state index contributed by atoms with van der Waals surface area (Å²) in [6.45, 7) is 13.2. The van der Waals surface area contributed by atoms with Gasteiger partial charge in [-0.15, -0.1) is 11.3 Å². The topological polar surface area (TPSA) is 50.2 Å². The zero-order valence-corrected chi connectivity index (χ0v) is 16.5. The van der Waals surface area contributed by atoms with Gasteiger partial charge < -0.3 is 4.90 Å². The second-order valence-corrected chi connectivity index (χ2v) is 9.15. The highest BCUT2D eigenvalue weighted by Crippen LogP contribution is 2.28. The molecule has 0 spiro atoms. The van der Waals surface area contributed by atoms with Gasteiger partial charge in [-0.2, -0.15) is 5.10 Å². The highest BCUT2D eigenvalue weighted by molar-refractivity contribution is 7.09. The number of hydrogen-bond donors (Lipinski definition) is 1. The zero-order valence-electron chi connectivity index (χ0n) is 15.7. The van der Waals surface area contributed by atoms with Crippen molar-refractivity contribution in [2.45, 2.75) is 59.0 Å². The van der Waals surface area contributed by atoms with Crippen LogP contribution in [0.25, 0.3) is 0 Å². The monoisotopic (exact) mass is 348 g/mol. The van der Waals surface area contributed by atoms with E-state index in [4.69, 9.17) is 5.10 Å². The molecule has 0 bridgehead atoms. The average Bonchev–Trinajstić information content (AvgIpc) is 3.06. The quantitative estimate of drug-likeness (QED) is 0.877. The Morgan fingerprint density at radius 3 is 2.46 bits per heavy atom. The van der Waals surface area contributed by atoms with Crippen LogP contribution in [0, 0.1) is 0 Å². The van der Waals surface area contributed by atoms with Crippen LogP contribution in [0.5, 0.6) is 0 Å². The number of amides is 2. The molecule has 2 rings (SSSR count). The van der Waals surface area contributed by atoms with Crippen molar-refractivity contribution in [3.8, 4) is 0 Å². The predicted octanol–water partition coefficient (Wildman–Crippen LogP) is 4.66. The van der Waals surface area contributed by atoms with Crippen LogP contribution in [0.2, 0.25) is 0 Å². The lowest BCUT2D eigenvalue weighted by molar-refractivity contribution is 0.220. The van der Waals surface area contributed by atoms with Gasteiger partial charge in [0.15, 0.2) is 0 Å². The van der Waals surface area contributed by atoms with Crippen molar-refractivity contribution in [1.29, 1.82) is 0 Å². The van der Waals surface area contributed by atoms with Crippen molar-refractivity contribution in [1.82, 2.24) is 14.7 Å². The van der Waals surface area contributed by atoms with E-state index in [1.807, 2.05) is 28.3 Å². The SMILES string of the molecule is CN(Cc1cccs1)C(=O)Nc1cc(C(C)(C)C)nn1C(C)(C)C. The lowest BCUT2D eigenvalue weighted by Crippen LogP contribution is -2.33. The fraction of sp³-hybridized carbons (Fsp3) is 0.556. The molecule has 2 heterocycles. The Balaban J connectivity index is 2.21. The van der Waals surface area contributed by atoms with Gasteiger partial charge in [-0.05, 0) is 32.2 Å². The number of urea groups is 1. The highest BCUT2D eigenvalue weighted by atomic mass is 32.1. The number of nitrogens with one attached hydrogen (secondary N) is 1. The number of hydrogen-bond acceptors (Lipinski definition) is 3. The van der Waals surface area contributed by atoms with E-state index >= 15 is 0 Å². The summed E-state index contributed by atoms with van der Waals surface area (Å²) in [6, 6.07) is 5.87. The van der Waals surface area contributed by atoms with Crippen LogP contribution < -0.4 is 5.32 Å². The predicted molar refractivity (Wildman–Crippen MR) is 101 cm³/mol. The molecule has 2 amide bonds. The van der Waals surface area contributed by atoms with Crippen LogP contribution in [0.3, 0.4) is 0 Å². The van der Waals surface area contributed by atoms with Gasteiger partial charge >= 0.3 is 6.03 Å². The molecule has 2 aromatic heterocycles. The first-order chi connectivity index (χ1) is 11.0. The molecule has 6 heteroatoms. The third-order valence-corrected chi connectivity index (χ3v) is 4.53. The fourth-order valence-corrected chi connectivity index (χ4v) is 3.02. The smallest absolute Gasteiger partial charge is 0.322 e. The molecule has 0 radical (unpaired) electrons. The summed E-state index contributed by atoms with van der Waals surface area (Å²) >= 11 is 1.65. The molecule has 0 atom stereocenters. The maximum absolute atomic E-state index is 12.6. The molecule has 0 unspecified atom stereocenters. The van der Waals surface area contributed by atoms with Gasteiger partial charge in [-0.1, -0.05) is 26.8 Å². The van der Waals surface area contributed by atoms with Crippen molar-refractivity contribution in [2.24, 2.45) is 0 Å². The minimum Gasteiger partial charge on any atom is -0.322 e. The number of anilines is 1. The largest absolute Gasteiger partial charge is 0.323 e. The minimum atomic E-state index is -0.210. The molecule has 0 aliphatic rings. The van der Waals surface area contributed by atoms with E-state index in [9.17, 15) is 4.79 Å². The first-order valence-corrected chi connectivity index (χ1v) is 9.02. The second-order valence-electron chi connectivity index (χ2n) is 8.11. The highest BCUT2D eigenvalue weighted by Gasteiger charge is 2.26. The summed E-state index contributed by atoms with van der Waals surface area (Å²) < 4.78 is 1.89. The molecular weight excluding hydrogens is 320 g/mol. The summed E-state index contributed by atoms with van der Waals surface area (Å²) in [4.78, 5) is 15.4. The number of aromatic nitrogens is 2. The maximum Gasteiger partial charge on any atom is 0.323 e. The first kappa shape index (κ1) is 18.5. The van der Waals surface area contributed by atoms with E-state index in [0.29, 0.717) is 6.54 Å². The maximum atomic E-state index is 12.6. The van der Waals surface area contributed by atoms with E-state index in [2.05, 4.69) is 46.9 Å². The van der Waals surface area contributed by atoms with Gasteiger partial charge in [0, 0.05) is 23.4 Å². The molecule has 24 heavy (non-hydrogen) atoms. The Labute approximate surface area is 148 Å². The number of rotatable bonds is 3. The van der Waals surface area contributed by atoms with Gasteiger partial charge in [-0.25, -0.2) is 9.48 Å². The Bertz CT molecular complexity index is 690. The number of nitrogens with zero attached hydrogens (tertiary/aromatic N) is 3. The minimum absolute atomic E-state index is 0.0706. The standard InChI is InChI=1S/C18H28N4OS/c1-17(2,3)14-11-15(22(20-14)18(4,5)6)19-16(23)21(7)12-13-9-8-10-24-13/h8-11H,12H2,1-7H3,(H,19,23). The third kappa shape index (κ3) is 4.38. The number of thiophene rings is 1. The van der Waals surface area contributed by atoms with E-state index in [0.717, 1.165) is 16.4 Å². The lowest BCUT2D eigenvalue weighted by Gasteiger charge is -2.24. The van der Waals surface area contributed by atoms with Crippen LogP contribution in [0.1, 0.15) is 52.1 Å². The summed E-state index contributed by atoms with van der Waals surface area (Å²) in [5, 5.41) is 9.76. The Hall–Kier alpha value is -1.82. The molecule has 0 fully saturated rings. The van der Waals surface area contributed by atoms with Crippen LogP contribution in [-0.2, 0) is 17.5 Å². The summed E-state index contributed by atoms with van der Waals surface area (Å²) in [7, 11) is 1.80. The molecule has 0 aromatic carbocycles. The van der Waals surface area contributed by atoms with E-state index in [-0.39, 0.29) is 17.0 Å². The van der Waals surface area contributed by atoms with Gasteiger partial charge in [0.25, 0.3) is 0 Å². The molecule has 0 aliphatic heterocycles. The van der Waals surface area contributed by atoms with Gasteiger partial charge in [-0.3, -0.25) is 5.32 Å². The van der Waals surface area contributed by atoms with E-state index in [1.165, 1.54) is 0 Å². The molecule has 5 nitrogen and oxygen atoms in total. The molecule has 0 saturated heterocycles.